The Morgan fingerprint density at radius 2 is 1.83 bits per heavy atom. The zero-order chi connectivity index (χ0) is 21.3. The minimum atomic E-state index is -0.415. The van der Waals surface area contributed by atoms with E-state index in [1.807, 2.05) is 25.1 Å². The number of halogens is 3. The smallest absolute Gasteiger partial charge is 0.237 e. The first kappa shape index (κ1) is 21.5. The molecule has 1 N–H and O–H groups in total. The Kier molecular flexibility index (Phi) is 6.58. The van der Waals surface area contributed by atoms with Crippen LogP contribution in [0.4, 0.5) is 5.69 Å². The third-order valence-corrected chi connectivity index (χ3v) is 6.91. The molecule has 1 amide bonds. The first-order chi connectivity index (χ1) is 14.4. The molecule has 1 heterocycles. The van der Waals surface area contributed by atoms with Crippen molar-refractivity contribution >= 4 is 58.2 Å². The van der Waals surface area contributed by atoms with E-state index in [0.29, 0.717) is 33.2 Å². The highest BCUT2D eigenvalue weighted by atomic mass is 35.5. The van der Waals surface area contributed by atoms with Gasteiger partial charge in [-0.15, -0.1) is 10.2 Å². The van der Waals surface area contributed by atoms with Crippen LogP contribution in [0.3, 0.4) is 0 Å². The molecule has 0 bridgehead atoms. The molecule has 1 fully saturated rings. The van der Waals surface area contributed by atoms with E-state index in [-0.39, 0.29) is 5.91 Å². The number of amides is 1. The molecular weight excluding hydrogens is 463 g/mol. The van der Waals surface area contributed by atoms with Crippen LogP contribution in [-0.2, 0) is 11.3 Å². The van der Waals surface area contributed by atoms with Crippen LogP contribution in [0.15, 0.2) is 47.6 Å². The molecule has 1 atom stereocenters. The van der Waals surface area contributed by atoms with Crippen molar-refractivity contribution in [3.8, 4) is 0 Å². The number of nitrogens with one attached hydrogen (secondary N) is 1. The van der Waals surface area contributed by atoms with Gasteiger partial charge in [0.05, 0.1) is 32.5 Å². The molecule has 4 rings (SSSR count). The molecule has 2 aromatic carbocycles. The average molecular weight is 482 g/mol. The molecule has 1 unspecified atom stereocenters. The number of anilines is 1. The summed E-state index contributed by atoms with van der Waals surface area (Å²) in [5.74, 6) is 1.23. The maximum atomic E-state index is 12.8. The zero-order valence-electron chi connectivity index (χ0n) is 16.1. The number of carbonyl (C=O) groups excluding carboxylic acids is 1. The van der Waals surface area contributed by atoms with E-state index < -0.39 is 5.25 Å². The van der Waals surface area contributed by atoms with Gasteiger partial charge in [0.1, 0.15) is 5.82 Å². The molecule has 5 nitrogen and oxygen atoms in total. The normalized spacial score (nSPS) is 14.5. The first-order valence-electron chi connectivity index (χ1n) is 9.51. The maximum absolute atomic E-state index is 12.8. The number of carbonyl (C=O) groups is 1. The van der Waals surface area contributed by atoms with Crippen LogP contribution in [0.5, 0.6) is 0 Å². The lowest BCUT2D eigenvalue weighted by atomic mass is 10.2. The van der Waals surface area contributed by atoms with Crippen molar-refractivity contribution in [3.63, 3.8) is 0 Å². The second kappa shape index (κ2) is 9.18. The summed E-state index contributed by atoms with van der Waals surface area (Å²) in [5.41, 5.74) is 1.59. The minimum absolute atomic E-state index is 0.206. The molecule has 9 heteroatoms. The van der Waals surface area contributed by atoms with Crippen molar-refractivity contribution in [3.05, 3.63) is 68.9 Å². The summed E-state index contributed by atoms with van der Waals surface area (Å²) in [6.07, 6.45) is 2.26. The van der Waals surface area contributed by atoms with Crippen LogP contribution in [0, 0.1) is 0 Å². The van der Waals surface area contributed by atoms with Gasteiger partial charge in [-0.05, 0) is 37.5 Å². The van der Waals surface area contributed by atoms with Crippen LogP contribution in [0.25, 0.3) is 0 Å². The lowest BCUT2D eigenvalue weighted by Crippen LogP contribution is -2.23. The van der Waals surface area contributed by atoms with Crippen molar-refractivity contribution in [2.24, 2.45) is 0 Å². The Balaban J connectivity index is 1.51. The number of thioether (sulfide) groups is 1. The van der Waals surface area contributed by atoms with Gasteiger partial charge < -0.3 is 9.88 Å². The van der Waals surface area contributed by atoms with Crippen LogP contribution >= 0.6 is 46.6 Å². The maximum Gasteiger partial charge on any atom is 0.237 e. The van der Waals surface area contributed by atoms with E-state index in [1.165, 1.54) is 23.4 Å². The van der Waals surface area contributed by atoms with Gasteiger partial charge in [-0.1, -0.05) is 76.9 Å². The molecule has 156 valence electrons. The fourth-order valence-corrected chi connectivity index (χ4v) is 4.46. The molecule has 30 heavy (non-hydrogen) atoms. The van der Waals surface area contributed by atoms with Crippen molar-refractivity contribution in [1.82, 2.24) is 14.8 Å². The summed E-state index contributed by atoms with van der Waals surface area (Å²) in [7, 11) is 0. The van der Waals surface area contributed by atoms with Crippen molar-refractivity contribution in [2.75, 3.05) is 5.32 Å². The van der Waals surface area contributed by atoms with E-state index in [0.717, 1.165) is 23.8 Å². The SMILES string of the molecule is CC(Sc1nnc(C2CC2)n1Cc1ccccc1)C(=O)Nc1cc(Cl)c(Cl)cc1Cl. The Bertz CT molecular complexity index is 1070. The summed E-state index contributed by atoms with van der Waals surface area (Å²) in [6.45, 7) is 2.50. The van der Waals surface area contributed by atoms with E-state index in [1.54, 1.807) is 6.07 Å². The molecule has 1 aliphatic carbocycles. The van der Waals surface area contributed by atoms with Gasteiger partial charge in [-0.25, -0.2) is 0 Å². The number of aromatic nitrogens is 3. The first-order valence-corrected chi connectivity index (χ1v) is 11.5. The van der Waals surface area contributed by atoms with E-state index in [9.17, 15) is 4.79 Å². The van der Waals surface area contributed by atoms with E-state index in [4.69, 9.17) is 34.8 Å². The third-order valence-electron chi connectivity index (χ3n) is 4.79. The third kappa shape index (κ3) is 4.94. The van der Waals surface area contributed by atoms with Crippen molar-refractivity contribution in [2.45, 2.75) is 42.6 Å². The number of benzene rings is 2. The standard InChI is InChI=1S/C21H19Cl3N4OS/c1-12(20(29)25-18-10-16(23)15(22)9-17(18)24)30-21-27-26-19(14-7-8-14)28(21)11-13-5-3-2-4-6-13/h2-6,9-10,12,14H,7-8,11H2,1H3,(H,25,29). The Labute approximate surface area is 194 Å². The highest BCUT2D eigenvalue weighted by Gasteiger charge is 2.31. The predicted octanol–water partition coefficient (Wildman–Crippen LogP) is 6.28. The zero-order valence-corrected chi connectivity index (χ0v) is 19.2. The van der Waals surface area contributed by atoms with Gasteiger partial charge >= 0.3 is 0 Å². The second-order valence-electron chi connectivity index (χ2n) is 7.18. The van der Waals surface area contributed by atoms with Gasteiger partial charge in [-0.3, -0.25) is 4.79 Å². The Morgan fingerprint density at radius 1 is 1.13 bits per heavy atom. The molecule has 0 aliphatic heterocycles. The molecular formula is C21H19Cl3N4OS. The summed E-state index contributed by atoms with van der Waals surface area (Å²) >= 11 is 19.6. The molecule has 1 aromatic heterocycles. The summed E-state index contributed by atoms with van der Waals surface area (Å²) in [6, 6.07) is 13.2. The molecule has 0 radical (unpaired) electrons. The van der Waals surface area contributed by atoms with Crippen LogP contribution in [0.2, 0.25) is 15.1 Å². The number of hydrogen-bond acceptors (Lipinski definition) is 4. The van der Waals surface area contributed by atoms with Crippen molar-refractivity contribution in [1.29, 1.82) is 0 Å². The topological polar surface area (TPSA) is 59.8 Å². The molecule has 0 saturated heterocycles. The Morgan fingerprint density at radius 3 is 2.53 bits per heavy atom. The average Bonchev–Trinajstić information content (AvgIpc) is 3.50. The number of rotatable bonds is 7. The lowest BCUT2D eigenvalue weighted by molar-refractivity contribution is -0.115. The van der Waals surface area contributed by atoms with Crippen LogP contribution < -0.4 is 5.32 Å². The number of hydrogen-bond donors (Lipinski definition) is 1. The van der Waals surface area contributed by atoms with E-state index in [2.05, 4.69) is 32.2 Å². The summed E-state index contributed by atoms with van der Waals surface area (Å²) < 4.78 is 2.12. The van der Waals surface area contributed by atoms with Gasteiger partial charge in [0.15, 0.2) is 5.16 Å². The van der Waals surface area contributed by atoms with Gasteiger partial charge in [0, 0.05) is 5.92 Å². The number of nitrogens with zero attached hydrogens (tertiary/aromatic N) is 3. The van der Waals surface area contributed by atoms with Gasteiger partial charge in [-0.2, -0.15) is 0 Å². The predicted molar refractivity (Wildman–Crippen MR) is 123 cm³/mol. The van der Waals surface area contributed by atoms with Crippen molar-refractivity contribution < 1.29 is 4.79 Å². The molecule has 1 aliphatic rings. The summed E-state index contributed by atoms with van der Waals surface area (Å²) in [4.78, 5) is 12.8. The quantitative estimate of drug-likeness (QED) is 0.318. The summed E-state index contributed by atoms with van der Waals surface area (Å²) in [5, 5.41) is 12.9. The van der Waals surface area contributed by atoms with Crippen LogP contribution in [-0.4, -0.2) is 25.9 Å². The lowest BCUT2D eigenvalue weighted by Gasteiger charge is -2.15. The second-order valence-corrected chi connectivity index (χ2v) is 9.71. The molecule has 1 saturated carbocycles. The highest BCUT2D eigenvalue weighted by molar-refractivity contribution is 8.00. The van der Waals surface area contributed by atoms with E-state index >= 15 is 0 Å². The van der Waals surface area contributed by atoms with Gasteiger partial charge in [0.25, 0.3) is 0 Å². The van der Waals surface area contributed by atoms with Gasteiger partial charge in [0.2, 0.25) is 5.91 Å². The fraction of sp³-hybridized carbons (Fsp3) is 0.286. The van der Waals surface area contributed by atoms with Crippen LogP contribution in [0.1, 0.15) is 37.1 Å². The fourth-order valence-electron chi connectivity index (χ4n) is 3.01. The monoisotopic (exact) mass is 480 g/mol. The highest BCUT2D eigenvalue weighted by Crippen LogP contribution is 2.40. The Hall–Kier alpha value is -1.73. The largest absolute Gasteiger partial charge is 0.324 e. The molecule has 3 aromatic rings. The minimum Gasteiger partial charge on any atom is -0.324 e. The molecule has 0 spiro atoms.